The largest absolute Gasteiger partial charge is 0.497 e. The molecule has 0 saturated heterocycles. The Hall–Kier alpha value is -2.67. The summed E-state index contributed by atoms with van der Waals surface area (Å²) in [7, 11) is 1.61. The molecule has 0 spiro atoms. The highest BCUT2D eigenvalue weighted by molar-refractivity contribution is 9.10. The number of hydrogen-bond acceptors (Lipinski definition) is 4. The molecule has 2 N–H and O–H groups in total. The number of ether oxygens (including phenoxy) is 1. The van der Waals surface area contributed by atoms with E-state index in [2.05, 4.69) is 31.8 Å². The third-order valence-corrected chi connectivity index (χ3v) is 4.22. The molecule has 0 bridgehead atoms. The van der Waals surface area contributed by atoms with E-state index in [-0.39, 0.29) is 18.2 Å². The predicted octanol–water partition coefficient (Wildman–Crippen LogP) is 3.27. The standard InChI is InChI=1S/C19H20BrN3O3/c1-13(22-23-19(25)16-5-3-4-6-17(16)20)11-18(24)21-12-14-7-9-15(26-2)10-8-14/h3-10H,11-12H2,1-2H3,(H,21,24)(H,23,25). The summed E-state index contributed by atoms with van der Waals surface area (Å²) < 4.78 is 5.78. The molecule has 26 heavy (non-hydrogen) atoms. The number of halogens is 1. The molecular formula is C19H20BrN3O3. The van der Waals surface area contributed by atoms with Gasteiger partial charge in [0.05, 0.1) is 19.1 Å². The minimum atomic E-state index is -0.338. The quantitative estimate of drug-likeness (QED) is 0.535. The van der Waals surface area contributed by atoms with Crippen molar-refractivity contribution in [2.45, 2.75) is 19.9 Å². The molecule has 0 atom stereocenters. The van der Waals surface area contributed by atoms with Crippen LogP contribution in [-0.4, -0.2) is 24.6 Å². The maximum atomic E-state index is 12.1. The van der Waals surface area contributed by atoms with Crippen molar-refractivity contribution in [1.29, 1.82) is 0 Å². The smallest absolute Gasteiger partial charge is 0.272 e. The Morgan fingerprint density at radius 2 is 1.81 bits per heavy atom. The lowest BCUT2D eigenvalue weighted by molar-refractivity contribution is -0.120. The molecule has 0 unspecified atom stereocenters. The topological polar surface area (TPSA) is 79.8 Å². The number of carbonyl (C=O) groups excluding carboxylic acids is 2. The van der Waals surface area contributed by atoms with Crippen molar-refractivity contribution in [3.05, 3.63) is 64.1 Å². The molecule has 136 valence electrons. The van der Waals surface area contributed by atoms with Crippen molar-refractivity contribution < 1.29 is 14.3 Å². The summed E-state index contributed by atoms with van der Waals surface area (Å²) in [5, 5.41) is 6.79. The molecule has 2 amide bonds. The highest BCUT2D eigenvalue weighted by Gasteiger charge is 2.09. The van der Waals surface area contributed by atoms with E-state index in [9.17, 15) is 9.59 Å². The fourth-order valence-electron chi connectivity index (χ4n) is 2.13. The number of methoxy groups -OCH3 is 1. The molecule has 2 aromatic carbocycles. The summed E-state index contributed by atoms with van der Waals surface area (Å²) in [4.78, 5) is 24.0. The minimum Gasteiger partial charge on any atom is -0.497 e. The zero-order chi connectivity index (χ0) is 18.9. The molecule has 0 radical (unpaired) electrons. The van der Waals surface area contributed by atoms with Crippen LogP contribution >= 0.6 is 15.9 Å². The molecule has 6 nitrogen and oxygen atoms in total. The second kappa shape index (κ2) is 9.72. The van der Waals surface area contributed by atoms with Crippen molar-refractivity contribution in [1.82, 2.24) is 10.7 Å². The van der Waals surface area contributed by atoms with E-state index in [1.807, 2.05) is 30.3 Å². The first-order valence-corrected chi connectivity index (χ1v) is 8.76. The number of nitrogens with zero attached hydrogens (tertiary/aromatic N) is 1. The van der Waals surface area contributed by atoms with Gasteiger partial charge in [-0.25, -0.2) is 5.43 Å². The van der Waals surface area contributed by atoms with Crippen LogP contribution in [0.1, 0.15) is 29.3 Å². The minimum absolute atomic E-state index is 0.104. The summed E-state index contributed by atoms with van der Waals surface area (Å²) in [6.45, 7) is 2.10. The van der Waals surface area contributed by atoms with Gasteiger partial charge in [-0.05, 0) is 52.7 Å². The molecular weight excluding hydrogens is 398 g/mol. The third-order valence-electron chi connectivity index (χ3n) is 3.53. The maximum Gasteiger partial charge on any atom is 0.272 e. The van der Waals surface area contributed by atoms with Gasteiger partial charge in [-0.3, -0.25) is 9.59 Å². The molecule has 0 aromatic heterocycles. The Labute approximate surface area is 160 Å². The van der Waals surface area contributed by atoms with Crippen LogP contribution in [0.2, 0.25) is 0 Å². The van der Waals surface area contributed by atoms with Crippen molar-refractivity contribution in [2.24, 2.45) is 5.10 Å². The lowest BCUT2D eigenvalue weighted by Gasteiger charge is -2.07. The number of amides is 2. The lowest BCUT2D eigenvalue weighted by Crippen LogP contribution is -2.26. The van der Waals surface area contributed by atoms with Gasteiger partial charge < -0.3 is 10.1 Å². The van der Waals surface area contributed by atoms with Crippen molar-refractivity contribution in [3.63, 3.8) is 0 Å². The average Bonchev–Trinajstić information content (AvgIpc) is 2.65. The van der Waals surface area contributed by atoms with E-state index in [4.69, 9.17) is 4.74 Å². The monoisotopic (exact) mass is 417 g/mol. The van der Waals surface area contributed by atoms with Gasteiger partial charge in [-0.15, -0.1) is 0 Å². The molecule has 0 aliphatic rings. The van der Waals surface area contributed by atoms with Crippen LogP contribution in [0.15, 0.2) is 58.1 Å². The van der Waals surface area contributed by atoms with E-state index in [1.165, 1.54) is 0 Å². The second-order valence-corrected chi connectivity index (χ2v) is 6.42. The van der Waals surface area contributed by atoms with Gasteiger partial charge in [-0.1, -0.05) is 24.3 Å². The Bertz CT molecular complexity index is 804. The number of hydrogen-bond donors (Lipinski definition) is 2. The fraction of sp³-hybridized carbons (Fsp3) is 0.211. The van der Waals surface area contributed by atoms with Crippen molar-refractivity contribution in [3.8, 4) is 5.75 Å². The third kappa shape index (κ3) is 6.00. The maximum absolute atomic E-state index is 12.1. The van der Waals surface area contributed by atoms with Gasteiger partial charge in [0.1, 0.15) is 5.75 Å². The van der Waals surface area contributed by atoms with Gasteiger partial charge in [0, 0.05) is 16.7 Å². The first-order valence-electron chi connectivity index (χ1n) is 7.97. The van der Waals surface area contributed by atoms with Crippen LogP contribution in [0.4, 0.5) is 0 Å². The highest BCUT2D eigenvalue weighted by atomic mass is 79.9. The number of benzene rings is 2. The summed E-state index contributed by atoms with van der Waals surface area (Å²) in [6.07, 6.45) is 0.104. The molecule has 0 aliphatic heterocycles. The molecule has 0 fully saturated rings. The molecule has 2 rings (SSSR count). The Morgan fingerprint density at radius 3 is 2.46 bits per heavy atom. The molecule has 0 aliphatic carbocycles. The summed E-state index contributed by atoms with van der Waals surface area (Å²) >= 11 is 3.31. The fourth-order valence-corrected chi connectivity index (χ4v) is 2.60. The lowest BCUT2D eigenvalue weighted by atomic mass is 10.2. The molecule has 2 aromatic rings. The van der Waals surface area contributed by atoms with Crippen LogP contribution in [-0.2, 0) is 11.3 Å². The van der Waals surface area contributed by atoms with Gasteiger partial charge in [-0.2, -0.15) is 5.10 Å². The van der Waals surface area contributed by atoms with Crippen LogP contribution in [0.25, 0.3) is 0 Å². The van der Waals surface area contributed by atoms with Gasteiger partial charge in [0.15, 0.2) is 0 Å². The highest BCUT2D eigenvalue weighted by Crippen LogP contribution is 2.15. The second-order valence-electron chi connectivity index (χ2n) is 5.57. The van der Waals surface area contributed by atoms with Crippen molar-refractivity contribution in [2.75, 3.05) is 7.11 Å². The Morgan fingerprint density at radius 1 is 1.12 bits per heavy atom. The molecule has 0 saturated carbocycles. The predicted molar refractivity (Wildman–Crippen MR) is 104 cm³/mol. The van der Waals surface area contributed by atoms with E-state index < -0.39 is 0 Å². The zero-order valence-electron chi connectivity index (χ0n) is 14.6. The van der Waals surface area contributed by atoms with Gasteiger partial charge in [0.25, 0.3) is 5.91 Å². The number of rotatable bonds is 7. The van der Waals surface area contributed by atoms with Crippen LogP contribution in [0.3, 0.4) is 0 Å². The summed E-state index contributed by atoms with van der Waals surface area (Å²) in [5.74, 6) is 0.261. The zero-order valence-corrected chi connectivity index (χ0v) is 16.2. The van der Waals surface area contributed by atoms with Gasteiger partial charge >= 0.3 is 0 Å². The van der Waals surface area contributed by atoms with E-state index in [1.54, 1.807) is 32.2 Å². The van der Waals surface area contributed by atoms with Crippen LogP contribution in [0, 0.1) is 0 Å². The Kier molecular flexibility index (Phi) is 7.35. The number of nitrogens with one attached hydrogen (secondary N) is 2. The number of hydrazone groups is 1. The van der Waals surface area contributed by atoms with Gasteiger partial charge in [0.2, 0.25) is 5.91 Å². The molecule has 7 heteroatoms. The summed E-state index contributed by atoms with van der Waals surface area (Å²) in [5.41, 5.74) is 4.42. The first-order chi connectivity index (χ1) is 12.5. The molecule has 0 heterocycles. The van der Waals surface area contributed by atoms with Crippen LogP contribution in [0.5, 0.6) is 5.75 Å². The van der Waals surface area contributed by atoms with Crippen molar-refractivity contribution >= 4 is 33.5 Å². The van der Waals surface area contributed by atoms with E-state index in [0.717, 1.165) is 11.3 Å². The SMILES string of the molecule is COc1ccc(CNC(=O)CC(C)=NNC(=O)c2ccccc2Br)cc1. The Balaban J connectivity index is 1.81. The first kappa shape index (κ1) is 19.7. The number of carbonyl (C=O) groups is 2. The normalized spacial score (nSPS) is 11.0. The van der Waals surface area contributed by atoms with E-state index >= 15 is 0 Å². The average molecular weight is 418 g/mol. The van der Waals surface area contributed by atoms with E-state index in [0.29, 0.717) is 22.3 Å². The van der Waals surface area contributed by atoms with Crippen LogP contribution < -0.4 is 15.5 Å². The summed E-state index contributed by atoms with van der Waals surface area (Å²) in [6, 6.07) is 14.5.